The monoisotopic (exact) mass is 1140 g/mol. The second-order valence-corrected chi connectivity index (χ2v) is 22.5. The van der Waals surface area contributed by atoms with E-state index in [1.165, 1.54) is 103 Å². The Kier molecular flexibility index (Phi) is 53.2. The summed E-state index contributed by atoms with van der Waals surface area (Å²) in [5.74, 6) is -1.21. The van der Waals surface area contributed by atoms with Crippen molar-refractivity contribution in [3.63, 3.8) is 0 Å². The van der Waals surface area contributed by atoms with Gasteiger partial charge in [0.25, 0.3) is 0 Å². The number of esters is 1. The molecule has 0 aromatic heterocycles. The number of hydrogen-bond donors (Lipinski definition) is 6. The molecule has 8 unspecified atom stereocenters. The molecule has 0 saturated carbocycles. The first-order valence-corrected chi connectivity index (χ1v) is 33.0. The number of nitrogens with one attached hydrogen (secondary N) is 1. The molecule has 81 heavy (non-hydrogen) atoms. The van der Waals surface area contributed by atoms with E-state index in [1.54, 1.807) is 6.08 Å². The van der Waals surface area contributed by atoms with Crippen molar-refractivity contribution in [3.05, 3.63) is 97.2 Å². The fourth-order valence-electron chi connectivity index (χ4n) is 9.79. The molecule has 8 atom stereocenters. The molecule has 1 aliphatic heterocycles. The first-order chi connectivity index (χ1) is 39.7. The number of rotatable bonds is 55. The molecular weight excluding hydrogens is 1010 g/mol. The second kappa shape index (κ2) is 57.0. The number of ether oxygens (including phenoxy) is 3. The summed E-state index contributed by atoms with van der Waals surface area (Å²) in [7, 11) is 0. The van der Waals surface area contributed by atoms with Crippen LogP contribution in [0.25, 0.3) is 0 Å². The summed E-state index contributed by atoms with van der Waals surface area (Å²) in [6.07, 6.45) is 65.8. The summed E-state index contributed by atoms with van der Waals surface area (Å²) < 4.78 is 17.6. The molecular formula is C70H121NO10. The van der Waals surface area contributed by atoms with E-state index < -0.39 is 67.4 Å². The molecule has 1 saturated heterocycles. The van der Waals surface area contributed by atoms with Crippen molar-refractivity contribution in [3.8, 4) is 0 Å². The highest BCUT2D eigenvalue weighted by atomic mass is 16.7. The van der Waals surface area contributed by atoms with E-state index in [0.717, 1.165) is 122 Å². The maximum absolute atomic E-state index is 13.4. The Balaban J connectivity index is 2.62. The van der Waals surface area contributed by atoms with Crippen LogP contribution in [0.4, 0.5) is 0 Å². The van der Waals surface area contributed by atoms with Crippen molar-refractivity contribution < 1.29 is 49.3 Å². The Morgan fingerprint density at radius 3 is 1.43 bits per heavy atom. The fourth-order valence-corrected chi connectivity index (χ4v) is 9.79. The lowest BCUT2D eigenvalue weighted by Gasteiger charge is -2.41. The Morgan fingerprint density at radius 1 is 0.506 bits per heavy atom. The zero-order valence-corrected chi connectivity index (χ0v) is 51.6. The molecule has 1 amide bonds. The fraction of sp³-hybridized carbons (Fsp3) is 0.743. The molecule has 0 aromatic rings. The van der Waals surface area contributed by atoms with Crippen LogP contribution in [0.5, 0.6) is 0 Å². The number of aliphatic hydroxyl groups is 5. The van der Waals surface area contributed by atoms with Gasteiger partial charge in [0.2, 0.25) is 5.91 Å². The number of carbonyl (C=O) groups excluding carboxylic acids is 2. The second-order valence-electron chi connectivity index (χ2n) is 22.5. The number of hydrogen-bond acceptors (Lipinski definition) is 10. The predicted molar refractivity (Wildman–Crippen MR) is 338 cm³/mol. The zero-order valence-electron chi connectivity index (χ0n) is 51.6. The highest BCUT2D eigenvalue weighted by Crippen LogP contribution is 2.26. The average Bonchev–Trinajstić information content (AvgIpc) is 3.47. The minimum Gasteiger partial charge on any atom is -0.454 e. The molecule has 1 fully saturated rings. The summed E-state index contributed by atoms with van der Waals surface area (Å²) in [4.78, 5) is 26.6. The molecule has 0 spiro atoms. The number of carbonyl (C=O) groups is 2. The van der Waals surface area contributed by atoms with Gasteiger partial charge in [-0.1, -0.05) is 266 Å². The third kappa shape index (κ3) is 44.7. The number of allylic oxidation sites excluding steroid dienone is 15. The van der Waals surface area contributed by atoms with Gasteiger partial charge in [0, 0.05) is 6.42 Å². The Morgan fingerprint density at radius 2 is 0.926 bits per heavy atom. The Hall–Kier alpha value is -3.42. The molecule has 6 N–H and O–H groups in total. The van der Waals surface area contributed by atoms with Crippen LogP contribution in [0.15, 0.2) is 97.2 Å². The Bertz CT molecular complexity index is 1690. The molecule has 1 aliphatic rings. The quantitative estimate of drug-likeness (QED) is 0.0149. The third-order valence-corrected chi connectivity index (χ3v) is 15.0. The summed E-state index contributed by atoms with van der Waals surface area (Å²) in [5.41, 5.74) is 0. The van der Waals surface area contributed by atoms with Gasteiger partial charge in [0.1, 0.15) is 24.4 Å². The summed E-state index contributed by atoms with van der Waals surface area (Å²) in [6, 6.07) is -1.04. The van der Waals surface area contributed by atoms with Crippen LogP contribution in [0, 0.1) is 0 Å². The molecule has 0 aromatic carbocycles. The smallest absolute Gasteiger partial charge is 0.306 e. The minimum atomic E-state index is -1.62. The third-order valence-electron chi connectivity index (χ3n) is 15.0. The normalized spacial score (nSPS) is 19.3. The number of amides is 1. The Labute approximate surface area is 495 Å². The van der Waals surface area contributed by atoms with Gasteiger partial charge in [-0.15, -0.1) is 0 Å². The largest absolute Gasteiger partial charge is 0.454 e. The van der Waals surface area contributed by atoms with Gasteiger partial charge in [0.05, 0.1) is 25.4 Å². The van der Waals surface area contributed by atoms with Crippen molar-refractivity contribution in [2.45, 2.75) is 320 Å². The van der Waals surface area contributed by atoms with E-state index in [2.05, 4.69) is 111 Å². The van der Waals surface area contributed by atoms with Gasteiger partial charge >= 0.3 is 5.97 Å². The van der Waals surface area contributed by atoms with Gasteiger partial charge in [-0.3, -0.25) is 9.59 Å². The van der Waals surface area contributed by atoms with Gasteiger partial charge in [-0.2, -0.15) is 0 Å². The maximum atomic E-state index is 13.4. The summed E-state index contributed by atoms with van der Waals surface area (Å²) in [6.45, 7) is 5.64. The maximum Gasteiger partial charge on any atom is 0.306 e. The van der Waals surface area contributed by atoms with Crippen LogP contribution in [0.3, 0.4) is 0 Å². The van der Waals surface area contributed by atoms with Crippen LogP contribution in [0.2, 0.25) is 0 Å². The van der Waals surface area contributed by atoms with Crippen molar-refractivity contribution >= 4 is 11.9 Å². The lowest BCUT2D eigenvalue weighted by molar-refractivity contribution is -0.305. The van der Waals surface area contributed by atoms with Crippen LogP contribution in [0.1, 0.15) is 271 Å². The molecule has 11 nitrogen and oxygen atoms in total. The van der Waals surface area contributed by atoms with E-state index in [-0.39, 0.29) is 19.4 Å². The average molecular weight is 1140 g/mol. The van der Waals surface area contributed by atoms with Gasteiger partial charge in [-0.25, -0.2) is 0 Å². The SMILES string of the molecule is CC/C=C\C/C=C\C/C=C\C/C=C\C/C=C\CCCCCCCCCCCC(=O)OC1C(OCC(NC(=O)C(O)CCCCCCC/C=C/C=C/CCCCC)C(O)/C=C/CCCCCCCCCCCCC)OC(CO)C(O)C1O. The van der Waals surface area contributed by atoms with Crippen molar-refractivity contribution in [2.24, 2.45) is 0 Å². The lowest BCUT2D eigenvalue weighted by Crippen LogP contribution is -2.61. The molecule has 1 rings (SSSR count). The van der Waals surface area contributed by atoms with E-state index in [9.17, 15) is 35.1 Å². The van der Waals surface area contributed by atoms with Gasteiger partial charge in [-0.05, 0) is 96.3 Å². The van der Waals surface area contributed by atoms with Crippen molar-refractivity contribution in [1.82, 2.24) is 5.32 Å². The summed E-state index contributed by atoms with van der Waals surface area (Å²) >= 11 is 0. The zero-order chi connectivity index (χ0) is 58.9. The number of aliphatic hydroxyl groups excluding tert-OH is 5. The van der Waals surface area contributed by atoms with E-state index in [4.69, 9.17) is 14.2 Å². The first-order valence-electron chi connectivity index (χ1n) is 33.0. The minimum absolute atomic E-state index is 0.110. The van der Waals surface area contributed by atoms with Crippen molar-refractivity contribution in [1.29, 1.82) is 0 Å². The van der Waals surface area contributed by atoms with E-state index in [0.29, 0.717) is 12.8 Å². The predicted octanol–water partition coefficient (Wildman–Crippen LogP) is 16.3. The van der Waals surface area contributed by atoms with Gasteiger partial charge < -0.3 is 45.1 Å². The highest BCUT2D eigenvalue weighted by Gasteiger charge is 2.47. The van der Waals surface area contributed by atoms with Crippen LogP contribution in [-0.2, 0) is 23.8 Å². The molecule has 11 heteroatoms. The van der Waals surface area contributed by atoms with Crippen LogP contribution >= 0.6 is 0 Å². The standard InChI is InChI=1S/C70H121NO10/c1-4-7-10-13-16-19-22-25-27-28-29-30-31-32-33-34-35-36-37-40-43-46-49-52-55-58-65(75)81-68-67(77)66(76)64(59-72)80-70(68)79-60-61(62(73)56-53-50-47-44-41-38-24-21-18-15-12-9-6-3)71-69(78)63(74)57-54-51-48-45-42-39-26-23-20-17-14-11-8-5-2/h7,10,16-17,19-20,23,25-27,29-30,32-33,53,56,61-64,66-68,70,72-74,76-77H,4-6,8-9,11-15,18,21-22,24,28,31,34-52,54-55,57-60H2,1-3H3,(H,71,78)/b10-7-,19-16-,20-17+,26-23+,27-25-,30-29-,33-32-,56-53+. The van der Waals surface area contributed by atoms with E-state index >= 15 is 0 Å². The van der Waals surface area contributed by atoms with Gasteiger partial charge in [0.15, 0.2) is 12.4 Å². The molecule has 0 bridgehead atoms. The molecule has 1 heterocycles. The first kappa shape index (κ1) is 75.6. The summed E-state index contributed by atoms with van der Waals surface area (Å²) in [5, 5.41) is 57.1. The van der Waals surface area contributed by atoms with E-state index in [1.807, 2.05) is 6.08 Å². The lowest BCUT2D eigenvalue weighted by atomic mass is 9.99. The molecule has 0 aliphatic carbocycles. The highest BCUT2D eigenvalue weighted by molar-refractivity contribution is 5.80. The van der Waals surface area contributed by atoms with Crippen LogP contribution in [-0.4, -0.2) is 99.6 Å². The molecule has 466 valence electrons. The van der Waals surface area contributed by atoms with Crippen molar-refractivity contribution in [2.75, 3.05) is 13.2 Å². The number of unbranched alkanes of at least 4 members (excludes halogenated alkanes) is 28. The topological polar surface area (TPSA) is 175 Å². The van der Waals surface area contributed by atoms with Crippen LogP contribution < -0.4 is 5.32 Å². The molecule has 0 radical (unpaired) electrons.